The van der Waals surface area contributed by atoms with Gasteiger partial charge in [-0.3, -0.25) is 0 Å². The normalized spacial score (nSPS) is 25.8. The largest absolute Gasteiger partial charge is 0.387 e. The summed E-state index contributed by atoms with van der Waals surface area (Å²) < 4.78 is 38.3. The van der Waals surface area contributed by atoms with Crippen molar-refractivity contribution in [2.75, 3.05) is 20.8 Å². The highest BCUT2D eigenvalue weighted by Crippen LogP contribution is 2.45. The van der Waals surface area contributed by atoms with Crippen molar-refractivity contribution in [3.05, 3.63) is 144 Å². The highest BCUT2D eigenvalue weighted by atomic mass is 16.8. The van der Waals surface area contributed by atoms with Gasteiger partial charge in [0, 0.05) is 36.5 Å². The minimum Gasteiger partial charge on any atom is -0.387 e. The van der Waals surface area contributed by atoms with Crippen LogP contribution in [-0.4, -0.2) is 56.6 Å². The van der Waals surface area contributed by atoms with Crippen LogP contribution in [0.4, 0.5) is 0 Å². The first-order chi connectivity index (χ1) is 20.1. The smallest absolute Gasteiger partial charge is 0.222 e. The first-order valence-corrected chi connectivity index (χ1v) is 13.7. The van der Waals surface area contributed by atoms with Gasteiger partial charge in [-0.1, -0.05) is 121 Å². The van der Waals surface area contributed by atoms with E-state index in [1.165, 1.54) is 7.11 Å². The molecule has 2 aliphatic heterocycles. The molecule has 7 heteroatoms. The average molecular weight is 555 g/mol. The van der Waals surface area contributed by atoms with Crippen LogP contribution in [0.3, 0.4) is 0 Å². The summed E-state index contributed by atoms with van der Waals surface area (Å²) in [5, 5.41) is 12.0. The fourth-order valence-electron chi connectivity index (χ4n) is 5.79. The number of hydrogen-bond donors (Lipinski definition) is 1. The van der Waals surface area contributed by atoms with Crippen molar-refractivity contribution in [1.82, 2.24) is 0 Å². The van der Waals surface area contributed by atoms with Crippen LogP contribution >= 0.6 is 0 Å². The van der Waals surface area contributed by atoms with E-state index in [9.17, 15) is 5.11 Å². The highest BCUT2D eigenvalue weighted by molar-refractivity contribution is 5.36. The van der Waals surface area contributed by atoms with Crippen molar-refractivity contribution in [2.45, 2.75) is 42.3 Å². The summed E-state index contributed by atoms with van der Waals surface area (Å²) in [6.45, 7) is 0.172. The lowest BCUT2D eigenvalue weighted by Crippen LogP contribution is -2.66. The average Bonchev–Trinajstić information content (AvgIpc) is 3.06. The van der Waals surface area contributed by atoms with E-state index in [1.54, 1.807) is 7.11 Å². The standard InChI is InChI=1S/C34H34O7/c1-36-32-31(41-33(37-2,24-15-7-3-8-16-24)25-17-9-4-10-18-25)29(35)30-28(39-32)23-38-34(40-30,26-19-11-5-12-20-26)27-21-13-6-14-22-27/h3-22,28-32,35H,23H2,1-2H3/t28-,29+,30-,31-,32+/m1/s1. The van der Waals surface area contributed by atoms with Crippen LogP contribution in [0, 0.1) is 0 Å². The van der Waals surface area contributed by atoms with E-state index in [-0.39, 0.29) is 6.61 Å². The molecule has 7 nitrogen and oxygen atoms in total. The van der Waals surface area contributed by atoms with E-state index in [2.05, 4.69) is 0 Å². The fraction of sp³-hybridized carbons (Fsp3) is 0.294. The van der Waals surface area contributed by atoms with Gasteiger partial charge in [-0.25, -0.2) is 0 Å². The van der Waals surface area contributed by atoms with E-state index < -0.39 is 42.3 Å². The van der Waals surface area contributed by atoms with Gasteiger partial charge in [-0.2, -0.15) is 0 Å². The van der Waals surface area contributed by atoms with Crippen LogP contribution in [0.2, 0.25) is 0 Å². The molecule has 0 saturated carbocycles. The molecule has 2 fully saturated rings. The zero-order valence-corrected chi connectivity index (χ0v) is 23.0. The Balaban J connectivity index is 1.40. The molecule has 6 rings (SSSR count). The molecule has 0 spiro atoms. The summed E-state index contributed by atoms with van der Waals surface area (Å²) in [7, 11) is 3.11. The summed E-state index contributed by atoms with van der Waals surface area (Å²) in [6.07, 6.45) is -4.45. The van der Waals surface area contributed by atoms with Gasteiger partial charge in [0.15, 0.2) is 6.29 Å². The summed E-state index contributed by atoms with van der Waals surface area (Å²) in [4.78, 5) is 0. The van der Waals surface area contributed by atoms with Crippen molar-refractivity contribution < 1.29 is 33.5 Å². The SMILES string of the molecule is CO[C@H]1O[C@@H]2COC(c3ccccc3)(c3ccccc3)O[C@H]2[C@H](O)[C@H]1OC(OC)(c1ccccc1)c1ccccc1. The molecule has 0 unspecified atom stereocenters. The molecule has 0 amide bonds. The molecular weight excluding hydrogens is 520 g/mol. The zero-order valence-electron chi connectivity index (χ0n) is 23.0. The van der Waals surface area contributed by atoms with Crippen LogP contribution in [0.15, 0.2) is 121 Å². The molecule has 2 saturated heterocycles. The van der Waals surface area contributed by atoms with E-state index in [1.807, 2.05) is 121 Å². The number of aliphatic hydroxyl groups excluding tert-OH is 1. The highest BCUT2D eigenvalue weighted by Gasteiger charge is 2.57. The summed E-state index contributed by atoms with van der Waals surface area (Å²) in [6, 6.07) is 38.7. The predicted octanol–water partition coefficient (Wildman–Crippen LogP) is 4.97. The molecule has 5 atom stereocenters. The van der Waals surface area contributed by atoms with Gasteiger partial charge in [0.1, 0.15) is 24.4 Å². The number of rotatable bonds is 8. The second-order valence-electron chi connectivity index (χ2n) is 10.1. The second-order valence-corrected chi connectivity index (χ2v) is 10.1. The van der Waals surface area contributed by atoms with Gasteiger partial charge >= 0.3 is 0 Å². The molecule has 0 radical (unpaired) electrons. The molecule has 212 valence electrons. The Morgan fingerprint density at radius 2 is 1.22 bits per heavy atom. The minimum atomic E-state index is -1.36. The number of methoxy groups -OCH3 is 2. The van der Waals surface area contributed by atoms with Crippen LogP contribution < -0.4 is 0 Å². The Morgan fingerprint density at radius 1 is 0.732 bits per heavy atom. The number of benzene rings is 4. The maximum Gasteiger partial charge on any atom is 0.222 e. The van der Waals surface area contributed by atoms with Crippen molar-refractivity contribution in [3.8, 4) is 0 Å². The predicted molar refractivity (Wildman–Crippen MR) is 152 cm³/mol. The van der Waals surface area contributed by atoms with Crippen molar-refractivity contribution >= 4 is 0 Å². The number of fused-ring (bicyclic) bond motifs is 1. The molecule has 4 aromatic carbocycles. The van der Waals surface area contributed by atoms with Gasteiger partial charge in [-0.15, -0.1) is 0 Å². The maximum atomic E-state index is 12.0. The lowest BCUT2D eigenvalue weighted by molar-refractivity contribution is -0.402. The number of ether oxygens (including phenoxy) is 6. The first-order valence-electron chi connectivity index (χ1n) is 13.7. The maximum absolute atomic E-state index is 12.0. The summed E-state index contributed by atoms with van der Waals surface area (Å²) in [5.41, 5.74) is 3.13. The quantitative estimate of drug-likeness (QED) is 0.308. The molecule has 0 aliphatic carbocycles. The van der Waals surface area contributed by atoms with Crippen LogP contribution in [0.25, 0.3) is 0 Å². The minimum absolute atomic E-state index is 0.172. The van der Waals surface area contributed by atoms with Crippen LogP contribution in [0.5, 0.6) is 0 Å². The molecular formula is C34H34O7. The second kappa shape index (κ2) is 11.8. The van der Waals surface area contributed by atoms with Gasteiger partial charge in [0.05, 0.1) is 6.61 Å². The molecule has 2 aliphatic rings. The number of aliphatic hydroxyl groups is 1. The molecule has 4 aromatic rings. The number of hydrogen-bond acceptors (Lipinski definition) is 7. The van der Waals surface area contributed by atoms with Crippen molar-refractivity contribution in [2.24, 2.45) is 0 Å². The van der Waals surface area contributed by atoms with Gasteiger partial charge in [0.2, 0.25) is 11.6 Å². The van der Waals surface area contributed by atoms with Crippen molar-refractivity contribution in [1.29, 1.82) is 0 Å². The lowest BCUT2D eigenvalue weighted by Gasteiger charge is -2.52. The zero-order chi connectivity index (χ0) is 28.3. The Labute approximate surface area is 240 Å². The third kappa shape index (κ3) is 5.00. The van der Waals surface area contributed by atoms with Gasteiger partial charge in [-0.05, 0) is 0 Å². The van der Waals surface area contributed by atoms with E-state index in [4.69, 9.17) is 28.4 Å². The lowest BCUT2D eigenvalue weighted by atomic mass is 9.91. The Morgan fingerprint density at radius 3 is 1.68 bits per heavy atom. The third-order valence-corrected chi connectivity index (χ3v) is 7.81. The summed E-state index contributed by atoms with van der Waals surface area (Å²) >= 11 is 0. The van der Waals surface area contributed by atoms with E-state index in [0.717, 1.165) is 22.3 Å². The third-order valence-electron chi connectivity index (χ3n) is 7.81. The Hall–Kier alpha value is -3.40. The molecule has 0 aromatic heterocycles. The van der Waals surface area contributed by atoms with Crippen LogP contribution in [0.1, 0.15) is 22.3 Å². The summed E-state index contributed by atoms with van der Waals surface area (Å²) in [5.74, 6) is -2.61. The Bertz CT molecular complexity index is 1310. The monoisotopic (exact) mass is 554 g/mol. The van der Waals surface area contributed by atoms with E-state index >= 15 is 0 Å². The topological polar surface area (TPSA) is 75.6 Å². The van der Waals surface area contributed by atoms with Crippen molar-refractivity contribution in [3.63, 3.8) is 0 Å². The fourth-order valence-corrected chi connectivity index (χ4v) is 5.79. The van der Waals surface area contributed by atoms with Gasteiger partial charge < -0.3 is 33.5 Å². The van der Waals surface area contributed by atoms with Gasteiger partial charge in [0.25, 0.3) is 0 Å². The first kappa shape index (κ1) is 27.8. The molecule has 0 bridgehead atoms. The Kier molecular flexibility index (Phi) is 8.01. The molecule has 1 N–H and O–H groups in total. The molecule has 41 heavy (non-hydrogen) atoms. The van der Waals surface area contributed by atoms with E-state index in [0.29, 0.717) is 0 Å². The molecule has 2 heterocycles. The van der Waals surface area contributed by atoms with Crippen LogP contribution in [-0.2, 0) is 40.0 Å².